The SMILES string of the molecule is CCCCCCCCCCCCCCCCCC[C@H](CO)NC(=O)CCCCCCCCCCC(=O)CCCCCCCCCCCCC. The van der Waals surface area contributed by atoms with Crippen molar-refractivity contribution in [3.8, 4) is 0 Å². The summed E-state index contributed by atoms with van der Waals surface area (Å²) in [6.07, 6.45) is 48.7. The van der Waals surface area contributed by atoms with Gasteiger partial charge in [-0.1, -0.05) is 219 Å². The summed E-state index contributed by atoms with van der Waals surface area (Å²) in [6, 6.07) is -0.0780. The molecular weight excluding hydrogens is 602 g/mol. The fraction of sp³-hybridized carbons (Fsp3) is 0.956. The minimum Gasteiger partial charge on any atom is -0.394 e. The van der Waals surface area contributed by atoms with Crippen LogP contribution in [0.4, 0.5) is 0 Å². The Morgan fingerprint density at radius 3 is 0.959 bits per heavy atom. The van der Waals surface area contributed by atoms with Gasteiger partial charge in [-0.05, 0) is 25.7 Å². The lowest BCUT2D eigenvalue weighted by atomic mass is 10.0. The van der Waals surface area contributed by atoms with E-state index in [1.807, 2.05) is 0 Å². The zero-order valence-corrected chi connectivity index (χ0v) is 33.6. The van der Waals surface area contributed by atoms with Gasteiger partial charge < -0.3 is 10.4 Å². The number of Topliss-reactive ketones (excluding diaryl/α,β-unsaturated/α-hetero) is 1. The fourth-order valence-corrected chi connectivity index (χ4v) is 7.23. The van der Waals surface area contributed by atoms with Crippen molar-refractivity contribution in [2.45, 2.75) is 270 Å². The monoisotopic (exact) mass is 692 g/mol. The molecule has 0 aromatic rings. The molecule has 0 aliphatic rings. The van der Waals surface area contributed by atoms with Gasteiger partial charge in [0.25, 0.3) is 0 Å². The molecule has 0 aliphatic heterocycles. The molecule has 4 heteroatoms. The lowest BCUT2D eigenvalue weighted by Crippen LogP contribution is -2.37. The summed E-state index contributed by atoms with van der Waals surface area (Å²) in [6.45, 7) is 4.61. The average Bonchev–Trinajstić information content (AvgIpc) is 3.10. The number of unbranched alkanes of at least 4 members (excludes halogenated alkanes) is 32. The molecule has 0 fully saturated rings. The standard InChI is InChI=1S/C45H89NO3/c1-3-5-7-9-11-13-15-16-17-18-19-21-22-26-30-34-38-43(42-47)46-45(49)41-37-33-29-25-24-28-32-36-40-44(48)39-35-31-27-23-20-14-12-10-8-6-4-2/h43,47H,3-42H2,1-2H3,(H,46,49)/t43-/m1/s1. The Bertz CT molecular complexity index is 666. The van der Waals surface area contributed by atoms with Gasteiger partial charge in [0.1, 0.15) is 5.78 Å². The molecule has 0 unspecified atom stereocenters. The van der Waals surface area contributed by atoms with Crippen molar-refractivity contribution in [1.29, 1.82) is 0 Å². The third-order valence-corrected chi connectivity index (χ3v) is 10.7. The molecular formula is C45H89NO3. The van der Waals surface area contributed by atoms with Gasteiger partial charge in [0.2, 0.25) is 5.91 Å². The van der Waals surface area contributed by atoms with Gasteiger partial charge in [-0.25, -0.2) is 0 Å². The van der Waals surface area contributed by atoms with Gasteiger partial charge in [-0.15, -0.1) is 0 Å². The molecule has 2 N–H and O–H groups in total. The first kappa shape index (κ1) is 48.1. The number of rotatable bonds is 42. The van der Waals surface area contributed by atoms with Crippen molar-refractivity contribution in [2.24, 2.45) is 0 Å². The normalized spacial score (nSPS) is 12.1. The summed E-state index contributed by atoms with van der Waals surface area (Å²) in [5, 5.41) is 12.8. The molecule has 49 heavy (non-hydrogen) atoms. The van der Waals surface area contributed by atoms with Crippen LogP contribution in [0.1, 0.15) is 264 Å². The van der Waals surface area contributed by atoms with Crippen LogP contribution in [0, 0.1) is 0 Å². The van der Waals surface area contributed by atoms with E-state index in [9.17, 15) is 14.7 Å². The van der Waals surface area contributed by atoms with Crippen LogP contribution in [0.25, 0.3) is 0 Å². The predicted molar refractivity (Wildman–Crippen MR) is 215 cm³/mol. The Morgan fingerprint density at radius 1 is 0.388 bits per heavy atom. The van der Waals surface area contributed by atoms with Gasteiger partial charge in [0.05, 0.1) is 12.6 Å². The van der Waals surface area contributed by atoms with Gasteiger partial charge in [-0.3, -0.25) is 9.59 Å². The molecule has 0 spiro atoms. The van der Waals surface area contributed by atoms with Crippen molar-refractivity contribution >= 4 is 11.7 Å². The number of carbonyl (C=O) groups excluding carboxylic acids is 2. The van der Waals surface area contributed by atoms with Gasteiger partial charge in [0, 0.05) is 19.3 Å². The summed E-state index contributed by atoms with van der Waals surface area (Å²) >= 11 is 0. The Labute approximate surface area is 307 Å². The Morgan fingerprint density at radius 2 is 0.653 bits per heavy atom. The van der Waals surface area contributed by atoms with E-state index in [0.29, 0.717) is 12.2 Å². The summed E-state index contributed by atoms with van der Waals surface area (Å²) in [5.74, 6) is 0.580. The van der Waals surface area contributed by atoms with Crippen molar-refractivity contribution in [3.05, 3.63) is 0 Å². The molecule has 0 aliphatic carbocycles. The van der Waals surface area contributed by atoms with Crippen LogP contribution in [-0.4, -0.2) is 29.4 Å². The highest BCUT2D eigenvalue weighted by Crippen LogP contribution is 2.16. The van der Waals surface area contributed by atoms with E-state index in [2.05, 4.69) is 19.2 Å². The third kappa shape index (κ3) is 39.7. The van der Waals surface area contributed by atoms with Gasteiger partial charge in [0.15, 0.2) is 0 Å². The summed E-state index contributed by atoms with van der Waals surface area (Å²) in [5.41, 5.74) is 0. The zero-order chi connectivity index (χ0) is 35.7. The van der Waals surface area contributed by atoms with E-state index in [1.54, 1.807) is 0 Å². The Balaban J connectivity index is 3.42. The smallest absolute Gasteiger partial charge is 0.220 e. The van der Waals surface area contributed by atoms with Crippen LogP contribution in [0.2, 0.25) is 0 Å². The number of nitrogens with one attached hydrogen (secondary N) is 1. The quantitative estimate of drug-likeness (QED) is 0.0626. The first-order valence-electron chi connectivity index (χ1n) is 22.6. The Hall–Kier alpha value is -0.900. The minimum absolute atomic E-state index is 0.0510. The number of ketones is 1. The molecule has 1 amide bonds. The maximum absolute atomic E-state index is 12.4. The average molecular weight is 692 g/mol. The molecule has 0 rings (SSSR count). The highest BCUT2D eigenvalue weighted by atomic mass is 16.3. The van der Waals surface area contributed by atoms with Gasteiger partial charge in [-0.2, -0.15) is 0 Å². The van der Waals surface area contributed by atoms with E-state index in [-0.39, 0.29) is 18.6 Å². The zero-order valence-electron chi connectivity index (χ0n) is 33.6. The van der Waals surface area contributed by atoms with Crippen LogP contribution in [-0.2, 0) is 9.59 Å². The molecule has 0 aromatic heterocycles. The molecule has 0 heterocycles. The topological polar surface area (TPSA) is 66.4 Å². The molecule has 4 nitrogen and oxygen atoms in total. The third-order valence-electron chi connectivity index (χ3n) is 10.7. The lowest BCUT2D eigenvalue weighted by Gasteiger charge is -2.16. The second-order valence-corrected chi connectivity index (χ2v) is 15.7. The highest BCUT2D eigenvalue weighted by Gasteiger charge is 2.11. The second kappa shape index (κ2) is 41.5. The van der Waals surface area contributed by atoms with E-state index in [0.717, 1.165) is 51.4 Å². The molecule has 292 valence electrons. The number of carbonyl (C=O) groups is 2. The first-order valence-corrected chi connectivity index (χ1v) is 22.6. The van der Waals surface area contributed by atoms with Crippen molar-refractivity contribution in [2.75, 3.05) is 6.61 Å². The second-order valence-electron chi connectivity index (χ2n) is 15.7. The summed E-state index contributed by atoms with van der Waals surface area (Å²) in [7, 11) is 0. The van der Waals surface area contributed by atoms with Crippen LogP contribution >= 0.6 is 0 Å². The van der Waals surface area contributed by atoms with E-state index in [4.69, 9.17) is 0 Å². The fourth-order valence-electron chi connectivity index (χ4n) is 7.23. The van der Waals surface area contributed by atoms with Crippen LogP contribution in [0.15, 0.2) is 0 Å². The molecule has 0 saturated heterocycles. The molecule has 0 radical (unpaired) electrons. The maximum Gasteiger partial charge on any atom is 0.220 e. The van der Waals surface area contributed by atoms with Gasteiger partial charge >= 0.3 is 0 Å². The lowest BCUT2D eigenvalue weighted by molar-refractivity contribution is -0.122. The first-order chi connectivity index (χ1) is 24.1. The maximum atomic E-state index is 12.4. The van der Waals surface area contributed by atoms with Crippen molar-refractivity contribution in [1.82, 2.24) is 5.32 Å². The number of aliphatic hydroxyl groups is 1. The summed E-state index contributed by atoms with van der Waals surface area (Å²) < 4.78 is 0. The van der Waals surface area contributed by atoms with E-state index in [1.165, 1.54) is 193 Å². The number of amides is 1. The summed E-state index contributed by atoms with van der Waals surface area (Å²) in [4.78, 5) is 24.5. The van der Waals surface area contributed by atoms with E-state index >= 15 is 0 Å². The molecule has 0 aromatic carbocycles. The van der Waals surface area contributed by atoms with Crippen LogP contribution < -0.4 is 5.32 Å². The number of aliphatic hydroxyl groups excluding tert-OH is 1. The number of hydrogen-bond acceptors (Lipinski definition) is 3. The van der Waals surface area contributed by atoms with Crippen LogP contribution in [0.3, 0.4) is 0 Å². The molecule has 1 atom stereocenters. The van der Waals surface area contributed by atoms with Crippen molar-refractivity contribution in [3.63, 3.8) is 0 Å². The van der Waals surface area contributed by atoms with Crippen LogP contribution in [0.5, 0.6) is 0 Å². The Kier molecular flexibility index (Phi) is 40.8. The van der Waals surface area contributed by atoms with Crippen molar-refractivity contribution < 1.29 is 14.7 Å². The van der Waals surface area contributed by atoms with E-state index < -0.39 is 0 Å². The number of hydrogen-bond donors (Lipinski definition) is 2. The molecule has 0 bridgehead atoms. The highest BCUT2D eigenvalue weighted by molar-refractivity contribution is 5.78. The predicted octanol–water partition coefficient (Wildman–Crippen LogP) is 14.3. The molecule has 0 saturated carbocycles. The largest absolute Gasteiger partial charge is 0.394 e. The minimum atomic E-state index is -0.0780.